The molecule has 2 aliphatic rings. The number of aliphatic carboxylic acids is 1. The molecular formula is C18H27N3O4S. The van der Waals surface area contributed by atoms with Gasteiger partial charge in [0.25, 0.3) is 10.2 Å². The third kappa shape index (κ3) is 3.38. The lowest BCUT2D eigenvalue weighted by atomic mass is 9.69. The molecule has 0 bridgehead atoms. The van der Waals surface area contributed by atoms with Crippen LogP contribution in [0.15, 0.2) is 30.3 Å². The lowest BCUT2D eigenvalue weighted by molar-refractivity contribution is -0.160. The standard InChI is InChI=1S/C18H27N3O4S/c1-19-11-6-9-18(17(22)23)10-12-21(14-16(18)19)26(24,25)20(2)13-15-7-4-3-5-8-15/h3-5,7-8,16H,6,9-14H2,1-2H3,(H,22,23)/t16-,18+/m1/s1. The van der Waals surface area contributed by atoms with Gasteiger partial charge in [0.05, 0.1) is 5.41 Å². The Balaban J connectivity index is 1.78. The fourth-order valence-corrected chi connectivity index (χ4v) is 5.65. The van der Waals surface area contributed by atoms with Crippen LogP contribution in [-0.2, 0) is 21.5 Å². The minimum Gasteiger partial charge on any atom is -0.481 e. The maximum absolute atomic E-state index is 13.0. The third-order valence-corrected chi connectivity index (χ3v) is 7.78. The molecule has 2 heterocycles. The van der Waals surface area contributed by atoms with Crippen molar-refractivity contribution in [1.29, 1.82) is 0 Å². The van der Waals surface area contributed by atoms with Gasteiger partial charge in [0.2, 0.25) is 0 Å². The molecule has 1 aromatic carbocycles. The molecule has 8 heteroatoms. The number of carbonyl (C=O) groups is 1. The van der Waals surface area contributed by atoms with E-state index in [0.29, 0.717) is 19.4 Å². The van der Waals surface area contributed by atoms with Gasteiger partial charge in [-0.3, -0.25) is 4.79 Å². The first-order chi connectivity index (χ1) is 12.3. The Kier molecular flexibility index (Phi) is 5.39. The van der Waals surface area contributed by atoms with Gasteiger partial charge in [-0.15, -0.1) is 0 Å². The number of benzene rings is 1. The van der Waals surface area contributed by atoms with E-state index in [2.05, 4.69) is 0 Å². The molecule has 0 aromatic heterocycles. The quantitative estimate of drug-likeness (QED) is 0.830. The first-order valence-corrected chi connectivity index (χ1v) is 10.4. The van der Waals surface area contributed by atoms with Crippen LogP contribution in [0.3, 0.4) is 0 Å². The molecule has 2 fully saturated rings. The van der Waals surface area contributed by atoms with E-state index in [9.17, 15) is 18.3 Å². The van der Waals surface area contributed by atoms with Crippen LogP contribution in [0.4, 0.5) is 0 Å². The van der Waals surface area contributed by atoms with E-state index in [4.69, 9.17) is 0 Å². The highest BCUT2D eigenvalue weighted by Gasteiger charge is 2.54. The van der Waals surface area contributed by atoms with Crippen LogP contribution >= 0.6 is 0 Å². The SMILES string of the molecule is CN1CCC[C@]2(C(=O)O)CCN(S(=O)(=O)N(C)Cc3ccccc3)C[C@@H]12. The fourth-order valence-electron chi connectivity index (χ4n) is 4.29. The lowest BCUT2D eigenvalue weighted by Gasteiger charge is -2.51. The predicted molar refractivity (Wildman–Crippen MR) is 98.7 cm³/mol. The largest absolute Gasteiger partial charge is 0.481 e. The summed E-state index contributed by atoms with van der Waals surface area (Å²) in [6.07, 6.45) is 1.81. The van der Waals surface area contributed by atoms with Gasteiger partial charge in [0, 0.05) is 32.7 Å². The highest BCUT2D eigenvalue weighted by molar-refractivity contribution is 7.86. The van der Waals surface area contributed by atoms with E-state index < -0.39 is 21.6 Å². The molecule has 0 aliphatic carbocycles. The number of carboxylic acid groups (broad SMARTS) is 1. The van der Waals surface area contributed by atoms with Crippen molar-refractivity contribution < 1.29 is 18.3 Å². The van der Waals surface area contributed by atoms with E-state index in [1.807, 2.05) is 42.3 Å². The summed E-state index contributed by atoms with van der Waals surface area (Å²) in [5, 5.41) is 9.83. The Labute approximate surface area is 155 Å². The van der Waals surface area contributed by atoms with Crippen molar-refractivity contribution in [3.05, 3.63) is 35.9 Å². The second kappa shape index (κ2) is 7.26. The molecule has 0 saturated carbocycles. The Morgan fingerprint density at radius 3 is 2.62 bits per heavy atom. The Hall–Kier alpha value is -1.48. The van der Waals surface area contributed by atoms with Crippen LogP contribution in [0.5, 0.6) is 0 Å². The van der Waals surface area contributed by atoms with Gasteiger partial charge in [-0.1, -0.05) is 30.3 Å². The molecule has 26 heavy (non-hydrogen) atoms. The van der Waals surface area contributed by atoms with E-state index >= 15 is 0 Å². The molecule has 2 aliphatic heterocycles. The van der Waals surface area contributed by atoms with Crippen molar-refractivity contribution in [1.82, 2.24) is 13.5 Å². The van der Waals surface area contributed by atoms with E-state index in [1.165, 1.54) is 8.61 Å². The van der Waals surface area contributed by atoms with Gasteiger partial charge >= 0.3 is 5.97 Å². The number of hydrogen-bond acceptors (Lipinski definition) is 4. The van der Waals surface area contributed by atoms with E-state index in [0.717, 1.165) is 18.5 Å². The van der Waals surface area contributed by atoms with Crippen molar-refractivity contribution in [2.75, 3.05) is 33.7 Å². The molecule has 3 rings (SSSR count). The van der Waals surface area contributed by atoms with Gasteiger partial charge in [-0.05, 0) is 38.4 Å². The average Bonchev–Trinajstić information content (AvgIpc) is 2.62. The summed E-state index contributed by atoms with van der Waals surface area (Å²) in [5.41, 5.74) is 0.0852. The summed E-state index contributed by atoms with van der Waals surface area (Å²) in [4.78, 5) is 14.0. The number of likely N-dealkylation sites (tertiary alicyclic amines) is 1. The molecule has 0 radical (unpaired) electrons. The molecule has 0 spiro atoms. The van der Waals surface area contributed by atoms with Gasteiger partial charge in [-0.25, -0.2) is 0 Å². The van der Waals surface area contributed by atoms with Crippen LogP contribution in [0.1, 0.15) is 24.8 Å². The summed E-state index contributed by atoms with van der Waals surface area (Å²) >= 11 is 0. The first-order valence-electron chi connectivity index (χ1n) is 8.96. The summed E-state index contributed by atoms with van der Waals surface area (Å²) < 4.78 is 28.9. The molecule has 0 amide bonds. The Bertz CT molecular complexity index is 755. The molecule has 2 atom stereocenters. The number of nitrogens with zero attached hydrogens (tertiary/aromatic N) is 3. The third-order valence-electron chi connectivity index (χ3n) is 5.88. The number of piperidine rings is 2. The minimum absolute atomic E-state index is 0.226. The van der Waals surface area contributed by atoms with E-state index in [-0.39, 0.29) is 19.1 Å². The summed E-state index contributed by atoms with van der Waals surface area (Å²) in [5.74, 6) is -0.802. The van der Waals surface area contributed by atoms with E-state index in [1.54, 1.807) is 7.05 Å². The fraction of sp³-hybridized carbons (Fsp3) is 0.611. The highest BCUT2D eigenvalue weighted by atomic mass is 32.2. The summed E-state index contributed by atoms with van der Waals surface area (Å²) in [7, 11) is -0.170. The topological polar surface area (TPSA) is 81.2 Å². The Morgan fingerprint density at radius 1 is 1.27 bits per heavy atom. The smallest absolute Gasteiger partial charge is 0.311 e. The molecule has 1 N–H and O–H groups in total. The monoisotopic (exact) mass is 381 g/mol. The number of rotatable bonds is 5. The molecule has 0 unspecified atom stereocenters. The van der Waals surface area contributed by atoms with Crippen molar-refractivity contribution in [3.63, 3.8) is 0 Å². The van der Waals surface area contributed by atoms with Gasteiger partial charge in [-0.2, -0.15) is 17.0 Å². The van der Waals surface area contributed by atoms with Crippen LogP contribution in [0.2, 0.25) is 0 Å². The van der Waals surface area contributed by atoms with Gasteiger partial charge in [0.15, 0.2) is 0 Å². The molecule has 144 valence electrons. The molecule has 7 nitrogen and oxygen atoms in total. The normalized spacial score (nSPS) is 28.0. The zero-order valence-electron chi connectivity index (χ0n) is 15.3. The molecule has 1 aromatic rings. The van der Waals surface area contributed by atoms with Crippen LogP contribution in [0.25, 0.3) is 0 Å². The van der Waals surface area contributed by atoms with Crippen molar-refractivity contribution >= 4 is 16.2 Å². The minimum atomic E-state index is -3.64. The number of carboxylic acids is 1. The zero-order chi connectivity index (χ0) is 18.9. The number of hydrogen-bond donors (Lipinski definition) is 1. The number of likely N-dealkylation sites (N-methyl/N-ethyl adjacent to an activating group) is 1. The second-order valence-electron chi connectivity index (χ2n) is 7.42. The average molecular weight is 381 g/mol. The van der Waals surface area contributed by atoms with Crippen molar-refractivity contribution in [2.45, 2.75) is 31.8 Å². The second-order valence-corrected chi connectivity index (χ2v) is 9.45. The molecule has 2 saturated heterocycles. The van der Waals surface area contributed by atoms with Crippen LogP contribution in [0, 0.1) is 5.41 Å². The maximum atomic E-state index is 13.0. The first kappa shape index (κ1) is 19.3. The predicted octanol–water partition coefficient (Wildman–Crippen LogP) is 1.23. The Morgan fingerprint density at radius 2 is 1.96 bits per heavy atom. The van der Waals surface area contributed by atoms with Crippen molar-refractivity contribution in [3.8, 4) is 0 Å². The lowest BCUT2D eigenvalue weighted by Crippen LogP contribution is -2.64. The highest BCUT2D eigenvalue weighted by Crippen LogP contribution is 2.42. The van der Waals surface area contributed by atoms with Crippen LogP contribution in [-0.4, -0.2) is 72.8 Å². The maximum Gasteiger partial charge on any atom is 0.311 e. The van der Waals surface area contributed by atoms with Gasteiger partial charge < -0.3 is 10.0 Å². The summed E-state index contributed by atoms with van der Waals surface area (Å²) in [6, 6.07) is 9.16. The van der Waals surface area contributed by atoms with Gasteiger partial charge in [0.1, 0.15) is 0 Å². The molecular weight excluding hydrogens is 354 g/mol. The van der Waals surface area contributed by atoms with Crippen molar-refractivity contribution in [2.24, 2.45) is 5.41 Å². The summed E-state index contributed by atoms with van der Waals surface area (Å²) in [6.45, 7) is 1.57. The zero-order valence-corrected chi connectivity index (χ0v) is 16.2. The number of fused-ring (bicyclic) bond motifs is 1. The van der Waals surface area contributed by atoms with Crippen LogP contribution < -0.4 is 0 Å².